The molecule has 0 amide bonds. The molecular weight excluding hydrogens is 372 g/mol. The third-order valence-electron chi connectivity index (χ3n) is 5.02. The van der Waals surface area contributed by atoms with Crippen LogP contribution in [0.3, 0.4) is 0 Å². The zero-order valence-electron chi connectivity index (χ0n) is 15.6. The summed E-state index contributed by atoms with van der Waals surface area (Å²) in [6.45, 7) is 5.58. The van der Waals surface area contributed by atoms with E-state index >= 15 is 0 Å². The largest absolute Gasteiger partial charge is 0.352 e. The van der Waals surface area contributed by atoms with Gasteiger partial charge in [-0.25, -0.2) is 9.97 Å². The fraction of sp³-hybridized carbons (Fsp3) is 0.316. The van der Waals surface area contributed by atoms with Gasteiger partial charge in [0.2, 0.25) is 5.95 Å². The molecule has 1 aliphatic rings. The molecular formula is C19H20N8S. The van der Waals surface area contributed by atoms with Crippen molar-refractivity contribution in [1.82, 2.24) is 30.2 Å². The number of hydrogen-bond acceptors (Lipinski definition) is 8. The number of rotatable bonds is 4. The number of fused-ring (bicyclic) bond motifs is 1. The average molecular weight is 392 g/mol. The number of anilines is 2. The first-order valence-corrected chi connectivity index (χ1v) is 10.2. The number of nitrogens with zero attached hydrogens (tertiary/aromatic N) is 8. The summed E-state index contributed by atoms with van der Waals surface area (Å²) in [6, 6.07) is 12.2. The van der Waals surface area contributed by atoms with Crippen molar-refractivity contribution in [3.63, 3.8) is 0 Å². The molecule has 0 radical (unpaired) electrons. The summed E-state index contributed by atoms with van der Waals surface area (Å²) >= 11 is 1.76. The number of piperazine rings is 1. The fourth-order valence-corrected chi connectivity index (χ4v) is 4.48. The third-order valence-corrected chi connectivity index (χ3v) is 6.21. The zero-order chi connectivity index (χ0) is 18.9. The topological polar surface area (TPSA) is 75.9 Å². The number of para-hydroxylation sites is 1. The van der Waals surface area contributed by atoms with E-state index in [1.807, 2.05) is 30.3 Å². The van der Waals surface area contributed by atoms with Crippen LogP contribution in [-0.4, -0.2) is 56.4 Å². The molecule has 1 fully saturated rings. The summed E-state index contributed by atoms with van der Waals surface area (Å²) in [6.07, 6.45) is 2.70. The lowest BCUT2D eigenvalue weighted by atomic mass is 10.2. The van der Waals surface area contributed by atoms with E-state index in [1.54, 1.807) is 22.3 Å². The van der Waals surface area contributed by atoms with Crippen LogP contribution in [0.2, 0.25) is 0 Å². The Bertz CT molecular complexity index is 1080. The second-order valence-corrected chi connectivity index (χ2v) is 7.80. The SMILES string of the molecule is CCc1cc2c(N3CCN(c4nnnn4-c4ccccc4)CC3)ncnc2s1. The van der Waals surface area contributed by atoms with Gasteiger partial charge in [-0.1, -0.05) is 30.2 Å². The molecule has 0 saturated carbocycles. The highest BCUT2D eigenvalue weighted by molar-refractivity contribution is 7.18. The van der Waals surface area contributed by atoms with Gasteiger partial charge in [0, 0.05) is 31.1 Å². The van der Waals surface area contributed by atoms with Crippen molar-refractivity contribution >= 4 is 33.3 Å². The first-order chi connectivity index (χ1) is 13.8. The molecule has 9 heteroatoms. The molecule has 1 aromatic carbocycles. The molecule has 4 aromatic rings. The summed E-state index contributed by atoms with van der Waals surface area (Å²) in [4.78, 5) is 16.0. The number of benzene rings is 1. The van der Waals surface area contributed by atoms with Crippen LogP contribution in [0.25, 0.3) is 15.9 Å². The molecule has 5 rings (SSSR count). The van der Waals surface area contributed by atoms with E-state index in [9.17, 15) is 0 Å². The van der Waals surface area contributed by atoms with Crippen molar-refractivity contribution in [2.24, 2.45) is 0 Å². The number of hydrogen-bond donors (Lipinski definition) is 0. The number of tetrazole rings is 1. The monoisotopic (exact) mass is 392 g/mol. The standard InChI is InChI=1S/C19H20N8S/c1-2-15-12-16-17(20-13-21-18(16)28-15)25-8-10-26(11-9-25)19-22-23-24-27(19)14-6-4-3-5-7-14/h3-7,12-13H,2,8-11H2,1H3. The first-order valence-electron chi connectivity index (χ1n) is 9.40. The maximum absolute atomic E-state index is 4.59. The van der Waals surface area contributed by atoms with E-state index in [2.05, 4.69) is 48.3 Å². The van der Waals surface area contributed by atoms with Crippen LogP contribution in [0.4, 0.5) is 11.8 Å². The van der Waals surface area contributed by atoms with Gasteiger partial charge in [-0.05, 0) is 35.0 Å². The van der Waals surface area contributed by atoms with Gasteiger partial charge in [-0.3, -0.25) is 0 Å². The van der Waals surface area contributed by atoms with Gasteiger partial charge in [-0.15, -0.1) is 11.3 Å². The minimum atomic E-state index is 0.780. The fourth-order valence-electron chi connectivity index (χ4n) is 3.55. The van der Waals surface area contributed by atoms with Crippen LogP contribution in [0.1, 0.15) is 11.8 Å². The molecule has 4 heterocycles. The van der Waals surface area contributed by atoms with Gasteiger partial charge < -0.3 is 9.80 Å². The Morgan fingerprint density at radius 1 is 1.00 bits per heavy atom. The van der Waals surface area contributed by atoms with Crippen LogP contribution in [0.15, 0.2) is 42.7 Å². The lowest BCUT2D eigenvalue weighted by molar-refractivity contribution is 0.628. The smallest absolute Gasteiger partial charge is 0.250 e. The van der Waals surface area contributed by atoms with Crippen molar-refractivity contribution in [1.29, 1.82) is 0 Å². The van der Waals surface area contributed by atoms with Gasteiger partial charge in [-0.2, -0.15) is 4.68 Å². The Morgan fingerprint density at radius 3 is 2.57 bits per heavy atom. The average Bonchev–Trinajstić information content (AvgIpc) is 3.41. The predicted molar refractivity (Wildman–Crippen MR) is 110 cm³/mol. The molecule has 3 aromatic heterocycles. The molecule has 142 valence electrons. The molecule has 1 aliphatic heterocycles. The zero-order valence-corrected chi connectivity index (χ0v) is 16.4. The Balaban J connectivity index is 1.37. The van der Waals surface area contributed by atoms with E-state index in [0.717, 1.165) is 60.3 Å². The number of aryl methyl sites for hydroxylation is 1. The maximum atomic E-state index is 4.59. The van der Waals surface area contributed by atoms with E-state index in [1.165, 1.54) is 4.88 Å². The second-order valence-electron chi connectivity index (χ2n) is 6.68. The van der Waals surface area contributed by atoms with Crippen LogP contribution in [0.5, 0.6) is 0 Å². The van der Waals surface area contributed by atoms with Gasteiger partial charge in [0.1, 0.15) is 17.0 Å². The summed E-state index contributed by atoms with van der Waals surface area (Å²) in [5.74, 6) is 1.81. The molecule has 0 spiro atoms. The molecule has 0 N–H and O–H groups in total. The number of thiophene rings is 1. The van der Waals surface area contributed by atoms with E-state index in [0.29, 0.717) is 0 Å². The highest BCUT2D eigenvalue weighted by Gasteiger charge is 2.24. The van der Waals surface area contributed by atoms with Gasteiger partial charge in [0.25, 0.3) is 0 Å². The quantitative estimate of drug-likeness (QED) is 0.528. The predicted octanol–water partition coefficient (Wildman–Crippen LogP) is 2.56. The van der Waals surface area contributed by atoms with Crippen molar-refractivity contribution in [2.75, 3.05) is 36.0 Å². The van der Waals surface area contributed by atoms with Crippen molar-refractivity contribution in [3.05, 3.63) is 47.6 Å². The van der Waals surface area contributed by atoms with Gasteiger partial charge >= 0.3 is 0 Å². The Hall–Kier alpha value is -3.07. The maximum Gasteiger partial charge on any atom is 0.250 e. The highest BCUT2D eigenvalue weighted by atomic mass is 32.1. The molecule has 0 bridgehead atoms. The third kappa shape index (κ3) is 2.97. The minimum absolute atomic E-state index is 0.780. The minimum Gasteiger partial charge on any atom is -0.352 e. The first kappa shape index (κ1) is 17.1. The van der Waals surface area contributed by atoms with Crippen LogP contribution < -0.4 is 9.80 Å². The second kappa shape index (κ2) is 7.16. The summed E-state index contributed by atoms with van der Waals surface area (Å²) in [5.41, 5.74) is 0.966. The van der Waals surface area contributed by atoms with Crippen LogP contribution in [0, 0.1) is 0 Å². The van der Waals surface area contributed by atoms with Crippen LogP contribution in [-0.2, 0) is 6.42 Å². The molecule has 0 aliphatic carbocycles. The van der Waals surface area contributed by atoms with E-state index < -0.39 is 0 Å². The van der Waals surface area contributed by atoms with Crippen molar-refractivity contribution < 1.29 is 0 Å². The normalized spacial score (nSPS) is 14.8. The summed E-state index contributed by atoms with van der Waals surface area (Å²) < 4.78 is 1.80. The lowest BCUT2D eigenvalue weighted by Gasteiger charge is -2.35. The highest BCUT2D eigenvalue weighted by Crippen LogP contribution is 2.31. The molecule has 8 nitrogen and oxygen atoms in total. The van der Waals surface area contributed by atoms with Gasteiger partial charge in [0.15, 0.2) is 0 Å². The van der Waals surface area contributed by atoms with Crippen molar-refractivity contribution in [2.45, 2.75) is 13.3 Å². The van der Waals surface area contributed by atoms with Crippen LogP contribution >= 0.6 is 11.3 Å². The summed E-state index contributed by atoms with van der Waals surface area (Å²) in [7, 11) is 0. The van der Waals surface area contributed by atoms with E-state index in [-0.39, 0.29) is 0 Å². The Labute approximate surface area is 166 Å². The molecule has 0 unspecified atom stereocenters. The lowest BCUT2D eigenvalue weighted by Crippen LogP contribution is -2.47. The molecule has 28 heavy (non-hydrogen) atoms. The van der Waals surface area contributed by atoms with Crippen molar-refractivity contribution in [3.8, 4) is 5.69 Å². The molecule has 1 saturated heterocycles. The van der Waals surface area contributed by atoms with E-state index in [4.69, 9.17) is 0 Å². The Morgan fingerprint density at radius 2 is 1.79 bits per heavy atom. The Kier molecular flexibility index (Phi) is 4.36. The molecule has 0 atom stereocenters. The summed E-state index contributed by atoms with van der Waals surface area (Å²) in [5, 5.41) is 13.5. The van der Waals surface area contributed by atoms with Gasteiger partial charge in [0.05, 0.1) is 11.1 Å². The number of aromatic nitrogens is 6.